The van der Waals surface area contributed by atoms with Crippen LogP contribution in [0.4, 0.5) is 0 Å². The lowest BCUT2D eigenvalue weighted by atomic mass is 10.0. The summed E-state index contributed by atoms with van der Waals surface area (Å²) in [5.74, 6) is 0. The third-order valence-electron chi connectivity index (χ3n) is 3.13. The van der Waals surface area contributed by atoms with Crippen LogP contribution in [-0.4, -0.2) is 4.98 Å². The van der Waals surface area contributed by atoms with E-state index >= 15 is 0 Å². The van der Waals surface area contributed by atoms with Gasteiger partial charge in [-0.05, 0) is 43.5 Å². The standard InChI is InChI=1S/C13H13NS.BrH/c1-7-4-10-6-12-13(14-9(3)15-12)11(10)5-8(7)2;/h4-5H,6H2,1-3H3;1H. The van der Waals surface area contributed by atoms with Crippen molar-refractivity contribution in [1.29, 1.82) is 0 Å². The highest BCUT2D eigenvalue weighted by Gasteiger charge is 2.22. The smallest absolute Gasteiger partial charge is 0.0904 e. The van der Waals surface area contributed by atoms with E-state index in [1.165, 1.54) is 37.8 Å². The van der Waals surface area contributed by atoms with E-state index in [9.17, 15) is 0 Å². The molecule has 0 N–H and O–H groups in total. The number of nitrogens with zero attached hydrogens (tertiary/aromatic N) is 1. The van der Waals surface area contributed by atoms with Crippen molar-refractivity contribution in [3.63, 3.8) is 0 Å². The SMILES string of the molecule is Br.Cc1nc2c(s1)Cc1cc(C)c(C)cc1-2. The number of fused-ring (bicyclic) bond motifs is 3. The Labute approximate surface area is 110 Å². The first-order valence-electron chi connectivity index (χ1n) is 5.22. The number of halogens is 1. The van der Waals surface area contributed by atoms with Crippen molar-refractivity contribution < 1.29 is 0 Å². The van der Waals surface area contributed by atoms with Crippen molar-refractivity contribution in [3.05, 3.63) is 38.7 Å². The minimum absolute atomic E-state index is 0. The number of benzene rings is 1. The molecule has 1 nitrogen and oxygen atoms in total. The molecule has 0 amide bonds. The van der Waals surface area contributed by atoms with Gasteiger partial charge in [0.2, 0.25) is 0 Å². The molecule has 1 heterocycles. The molecular formula is C13H14BrNS. The van der Waals surface area contributed by atoms with Crippen LogP contribution in [0.15, 0.2) is 12.1 Å². The molecule has 0 bridgehead atoms. The molecule has 0 saturated heterocycles. The lowest BCUT2D eigenvalue weighted by Crippen LogP contribution is -1.87. The van der Waals surface area contributed by atoms with Crippen LogP contribution in [0, 0.1) is 20.8 Å². The van der Waals surface area contributed by atoms with E-state index in [-0.39, 0.29) is 17.0 Å². The predicted octanol–water partition coefficient (Wildman–Crippen LogP) is 4.22. The van der Waals surface area contributed by atoms with Gasteiger partial charge in [-0.1, -0.05) is 6.07 Å². The maximum absolute atomic E-state index is 4.62. The van der Waals surface area contributed by atoms with E-state index in [0.717, 1.165) is 6.42 Å². The summed E-state index contributed by atoms with van der Waals surface area (Å²) in [6.45, 7) is 6.44. The van der Waals surface area contributed by atoms with Gasteiger partial charge < -0.3 is 0 Å². The minimum atomic E-state index is 0. The monoisotopic (exact) mass is 295 g/mol. The molecule has 0 aliphatic heterocycles. The van der Waals surface area contributed by atoms with Gasteiger partial charge in [0.05, 0.1) is 10.7 Å². The summed E-state index contributed by atoms with van der Waals surface area (Å²) in [4.78, 5) is 6.06. The van der Waals surface area contributed by atoms with E-state index in [2.05, 4.69) is 37.9 Å². The van der Waals surface area contributed by atoms with Crippen LogP contribution in [-0.2, 0) is 6.42 Å². The highest BCUT2D eigenvalue weighted by molar-refractivity contribution is 8.93. The van der Waals surface area contributed by atoms with Gasteiger partial charge in [0.15, 0.2) is 0 Å². The second kappa shape index (κ2) is 3.97. The Morgan fingerprint density at radius 3 is 2.56 bits per heavy atom. The van der Waals surface area contributed by atoms with Crippen molar-refractivity contribution in [2.45, 2.75) is 27.2 Å². The molecule has 0 atom stereocenters. The van der Waals surface area contributed by atoms with E-state index in [0.29, 0.717) is 0 Å². The van der Waals surface area contributed by atoms with Gasteiger partial charge >= 0.3 is 0 Å². The first-order valence-corrected chi connectivity index (χ1v) is 6.03. The third kappa shape index (κ3) is 1.62. The van der Waals surface area contributed by atoms with Gasteiger partial charge in [-0.3, -0.25) is 0 Å². The third-order valence-corrected chi connectivity index (χ3v) is 4.10. The number of aromatic nitrogens is 1. The molecule has 2 aromatic rings. The fraction of sp³-hybridized carbons (Fsp3) is 0.308. The number of rotatable bonds is 0. The van der Waals surface area contributed by atoms with Gasteiger partial charge in [0.1, 0.15) is 0 Å². The number of hydrogen-bond acceptors (Lipinski definition) is 2. The zero-order valence-electron chi connectivity index (χ0n) is 9.63. The molecule has 0 spiro atoms. The highest BCUT2D eigenvalue weighted by atomic mass is 79.9. The summed E-state index contributed by atoms with van der Waals surface area (Å²) in [6.07, 6.45) is 1.08. The summed E-state index contributed by atoms with van der Waals surface area (Å²) >= 11 is 1.83. The summed E-state index contributed by atoms with van der Waals surface area (Å²) in [7, 11) is 0. The van der Waals surface area contributed by atoms with E-state index in [1.807, 2.05) is 11.3 Å². The quantitative estimate of drug-likeness (QED) is 0.605. The first-order chi connectivity index (χ1) is 7.15. The maximum Gasteiger partial charge on any atom is 0.0904 e. The number of thiazole rings is 1. The molecule has 1 aliphatic carbocycles. The van der Waals surface area contributed by atoms with Crippen molar-refractivity contribution in [1.82, 2.24) is 4.98 Å². The molecule has 1 aromatic carbocycles. The van der Waals surface area contributed by atoms with Crippen molar-refractivity contribution in [3.8, 4) is 11.3 Å². The molecule has 0 unspecified atom stereocenters. The summed E-state index contributed by atoms with van der Waals surface area (Å²) < 4.78 is 0. The Kier molecular flexibility index (Phi) is 2.93. The zero-order valence-corrected chi connectivity index (χ0v) is 12.2. The zero-order chi connectivity index (χ0) is 10.6. The average Bonchev–Trinajstić information content (AvgIpc) is 2.64. The average molecular weight is 296 g/mol. The van der Waals surface area contributed by atoms with E-state index in [4.69, 9.17) is 0 Å². The maximum atomic E-state index is 4.62. The van der Waals surface area contributed by atoms with Gasteiger partial charge in [-0.2, -0.15) is 0 Å². The van der Waals surface area contributed by atoms with Crippen molar-refractivity contribution in [2.75, 3.05) is 0 Å². The number of aryl methyl sites for hydroxylation is 3. The van der Waals surface area contributed by atoms with Gasteiger partial charge in [0.25, 0.3) is 0 Å². The molecule has 3 heteroatoms. The number of hydrogen-bond donors (Lipinski definition) is 0. The molecule has 16 heavy (non-hydrogen) atoms. The fourth-order valence-electron chi connectivity index (χ4n) is 2.22. The molecule has 3 rings (SSSR count). The van der Waals surface area contributed by atoms with Crippen LogP contribution in [0.3, 0.4) is 0 Å². The Morgan fingerprint density at radius 1 is 1.12 bits per heavy atom. The second-order valence-electron chi connectivity index (χ2n) is 4.28. The van der Waals surface area contributed by atoms with Gasteiger partial charge in [0, 0.05) is 16.9 Å². The van der Waals surface area contributed by atoms with Crippen molar-refractivity contribution >= 4 is 28.3 Å². The molecule has 84 valence electrons. The normalized spacial score (nSPS) is 11.9. The summed E-state index contributed by atoms with van der Waals surface area (Å²) in [5, 5.41) is 1.18. The van der Waals surface area contributed by atoms with Crippen molar-refractivity contribution in [2.24, 2.45) is 0 Å². The minimum Gasteiger partial charge on any atom is -0.241 e. The van der Waals surface area contributed by atoms with Crippen LogP contribution in [0.25, 0.3) is 11.3 Å². The van der Waals surface area contributed by atoms with Crippen LogP contribution < -0.4 is 0 Å². The van der Waals surface area contributed by atoms with Crippen LogP contribution in [0.1, 0.15) is 26.6 Å². The Hall–Kier alpha value is -0.670. The topological polar surface area (TPSA) is 12.9 Å². The largest absolute Gasteiger partial charge is 0.241 e. The molecule has 1 aliphatic rings. The van der Waals surface area contributed by atoms with Crippen LogP contribution in [0.2, 0.25) is 0 Å². The predicted molar refractivity (Wildman–Crippen MR) is 74.9 cm³/mol. The lowest BCUT2D eigenvalue weighted by Gasteiger charge is -2.04. The highest BCUT2D eigenvalue weighted by Crippen LogP contribution is 2.40. The summed E-state index contributed by atoms with van der Waals surface area (Å²) in [6, 6.07) is 4.60. The fourth-order valence-corrected chi connectivity index (χ4v) is 3.19. The van der Waals surface area contributed by atoms with E-state index < -0.39 is 0 Å². The van der Waals surface area contributed by atoms with Gasteiger partial charge in [-0.15, -0.1) is 28.3 Å². The summed E-state index contributed by atoms with van der Waals surface area (Å²) in [5.41, 5.74) is 6.80. The van der Waals surface area contributed by atoms with Crippen LogP contribution in [0.5, 0.6) is 0 Å². The van der Waals surface area contributed by atoms with Crippen LogP contribution >= 0.6 is 28.3 Å². The molecule has 1 aromatic heterocycles. The Balaban J connectivity index is 0.000000963. The Morgan fingerprint density at radius 2 is 1.81 bits per heavy atom. The van der Waals surface area contributed by atoms with E-state index in [1.54, 1.807) is 0 Å². The lowest BCUT2D eigenvalue weighted by molar-refractivity contribution is 1.25. The first kappa shape index (κ1) is 11.8. The molecular weight excluding hydrogens is 282 g/mol. The molecule has 0 fully saturated rings. The second-order valence-corrected chi connectivity index (χ2v) is 5.56. The Bertz CT molecular complexity index is 557. The molecule has 0 saturated carbocycles. The van der Waals surface area contributed by atoms with Gasteiger partial charge in [-0.25, -0.2) is 4.98 Å². The molecule has 0 radical (unpaired) electrons.